The van der Waals surface area contributed by atoms with Gasteiger partial charge in [-0.15, -0.1) is 0 Å². The number of aromatic nitrogens is 1. The molecule has 5 nitrogen and oxygen atoms in total. The number of hydrogen-bond donors (Lipinski definition) is 2. The molecule has 0 bridgehead atoms. The Hall–Kier alpha value is -0.760. The molecule has 7 heteroatoms. The predicted molar refractivity (Wildman–Crippen MR) is 81.2 cm³/mol. The lowest BCUT2D eigenvalue weighted by atomic mass is 9.85. The van der Waals surface area contributed by atoms with Gasteiger partial charge >= 0.3 is 6.09 Å². The summed E-state index contributed by atoms with van der Waals surface area (Å²) >= 11 is 7.74. The number of ether oxygens (including phenoxy) is 1. The molecule has 1 atom stereocenters. The molecule has 1 heterocycles. The number of rotatable bonds is 3. The molecule has 3 N–H and O–H groups in total. The fourth-order valence-electron chi connectivity index (χ4n) is 1.51. The van der Waals surface area contributed by atoms with E-state index in [1.54, 1.807) is 0 Å². The molecule has 0 unspecified atom stereocenters. The third-order valence-electron chi connectivity index (χ3n) is 2.61. The van der Waals surface area contributed by atoms with Crippen molar-refractivity contribution in [2.75, 3.05) is 0 Å². The molecular weight excluding hydrogens is 383 g/mol. The highest BCUT2D eigenvalue weighted by atomic mass is 127. The molecule has 0 saturated carbocycles. The second-order valence-corrected chi connectivity index (χ2v) is 6.62. The number of hydrogen-bond acceptors (Lipinski definition) is 4. The topological polar surface area (TPSA) is 85.4 Å². The van der Waals surface area contributed by atoms with Crippen LogP contribution in [0.4, 0.5) is 4.79 Å². The maximum Gasteiger partial charge on any atom is 0.404 e. The van der Waals surface area contributed by atoms with Crippen LogP contribution in [0.1, 0.15) is 26.3 Å². The van der Waals surface area contributed by atoms with Crippen molar-refractivity contribution in [3.05, 3.63) is 20.5 Å². The molecule has 1 rings (SSSR count). The van der Waals surface area contributed by atoms with Gasteiger partial charge in [-0.1, -0.05) is 32.4 Å². The fourth-order valence-corrected chi connectivity index (χ4v) is 2.41. The van der Waals surface area contributed by atoms with Gasteiger partial charge < -0.3 is 15.6 Å². The lowest BCUT2D eigenvalue weighted by molar-refractivity contribution is 0.0372. The highest BCUT2D eigenvalue weighted by molar-refractivity contribution is 14.1. The van der Waals surface area contributed by atoms with Gasteiger partial charge in [0, 0.05) is 6.42 Å². The number of nitrogens with zero attached hydrogens (tertiary/aromatic N) is 1. The van der Waals surface area contributed by atoms with Gasteiger partial charge in [0.05, 0.1) is 0 Å². The average Bonchev–Trinajstić information content (AvgIpc) is 2.22. The van der Waals surface area contributed by atoms with E-state index in [0.29, 0.717) is 10.1 Å². The van der Waals surface area contributed by atoms with Crippen molar-refractivity contribution in [1.82, 2.24) is 4.98 Å². The molecule has 0 radical (unpaired) electrons. The summed E-state index contributed by atoms with van der Waals surface area (Å²) < 4.78 is 5.79. The van der Waals surface area contributed by atoms with Crippen molar-refractivity contribution in [3.63, 3.8) is 0 Å². The smallest absolute Gasteiger partial charge is 0.404 e. The van der Waals surface area contributed by atoms with Gasteiger partial charge in [-0.2, -0.15) is 0 Å². The molecule has 106 valence electrons. The molecule has 1 amide bonds. The second-order valence-electron chi connectivity index (χ2n) is 5.24. The highest BCUT2D eigenvalue weighted by Crippen LogP contribution is 2.30. The zero-order valence-electron chi connectivity index (χ0n) is 10.9. The molecule has 0 aliphatic heterocycles. The number of carbonyl (C=O) groups is 1. The second kappa shape index (κ2) is 6.13. The molecule has 0 aliphatic carbocycles. The Morgan fingerprint density at radius 1 is 1.63 bits per heavy atom. The van der Waals surface area contributed by atoms with Crippen molar-refractivity contribution in [1.29, 1.82) is 0 Å². The molecule has 0 fully saturated rings. The third kappa shape index (κ3) is 4.68. The van der Waals surface area contributed by atoms with Crippen LogP contribution in [0.3, 0.4) is 0 Å². The number of carbonyl (C=O) groups excluding carboxylic acids is 1. The van der Waals surface area contributed by atoms with Gasteiger partial charge in [0.15, 0.2) is 10.9 Å². The zero-order valence-corrected chi connectivity index (χ0v) is 13.8. The van der Waals surface area contributed by atoms with Gasteiger partial charge in [-0.25, -0.2) is 9.78 Å². The standard InChI is InChI=1S/C12H16ClIN2O3/c1-12(2,3)8(19-11(15)18)5-6-4-7(17)9(13)16-10(6)14/h4,8,17H,5H2,1-3H3,(H2,15,18)/t8-/m0/s1. The molecule has 1 aromatic heterocycles. The van der Waals surface area contributed by atoms with Gasteiger partial charge in [0.2, 0.25) is 0 Å². The zero-order chi connectivity index (χ0) is 14.8. The summed E-state index contributed by atoms with van der Waals surface area (Å²) in [5, 5.41) is 9.64. The first kappa shape index (κ1) is 16.3. The summed E-state index contributed by atoms with van der Waals surface area (Å²) in [6.45, 7) is 5.82. The Morgan fingerprint density at radius 3 is 2.68 bits per heavy atom. The van der Waals surface area contributed by atoms with Crippen molar-refractivity contribution in [2.24, 2.45) is 11.1 Å². The van der Waals surface area contributed by atoms with Gasteiger partial charge in [0.1, 0.15) is 9.80 Å². The first-order valence-electron chi connectivity index (χ1n) is 5.61. The highest BCUT2D eigenvalue weighted by Gasteiger charge is 2.29. The van der Waals surface area contributed by atoms with Crippen molar-refractivity contribution >= 4 is 40.3 Å². The number of primary amides is 1. The minimum absolute atomic E-state index is 0.0521. The predicted octanol–water partition coefficient (Wildman–Crippen LogP) is 3.10. The van der Waals surface area contributed by atoms with Crippen LogP contribution in [-0.2, 0) is 11.2 Å². The lowest BCUT2D eigenvalue weighted by Gasteiger charge is -2.30. The van der Waals surface area contributed by atoms with Gasteiger partial charge in [0.25, 0.3) is 0 Å². The van der Waals surface area contributed by atoms with Crippen LogP contribution in [-0.4, -0.2) is 22.3 Å². The van der Waals surface area contributed by atoms with E-state index in [1.165, 1.54) is 6.07 Å². The number of amides is 1. The average molecular weight is 399 g/mol. The minimum atomic E-state index is -0.818. The summed E-state index contributed by atoms with van der Waals surface area (Å²) in [5.41, 5.74) is 5.56. The quantitative estimate of drug-likeness (QED) is 0.605. The maximum absolute atomic E-state index is 11.0. The summed E-state index contributed by atoms with van der Waals surface area (Å²) in [6.07, 6.45) is -0.829. The Labute approximate surface area is 130 Å². The molecule has 0 saturated heterocycles. The van der Waals surface area contributed by atoms with Crippen molar-refractivity contribution in [2.45, 2.75) is 33.3 Å². The summed E-state index contributed by atoms with van der Waals surface area (Å²) in [6, 6.07) is 1.53. The molecular formula is C12H16ClIN2O3. The summed E-state index contributed by atoms with van der Waals surface area (Å²) in [4.78, 5) is 15.0. The van der Waals surface area contributed by atoms with Crippen LogP contribution in [0.15, 0.2) is 6.07 Å². The van der Waals surface area contributed by atoms with E-state index in [9.17, 15) is 9.90 Å². The normalized spacial score (nSPS) is 13.1. The van der Waals surface area contributed by atoms with Gasteiger partial charge in [-0.3, -0.25) is 0 Å². The van der Waals surface area contributed by atoms with Crippen LogP contribution in [0.2, 0.25) is 5.15 Å². The van der Waals surface area contributed by atoms with Crippen LogP contribution in [0.5, 0.6) is 5.75 Å². The number of aromatic hydroxyl groups is 1. The number of pyridine rings is 1. The first-order valence-corrected chi connectivity index (χ1v) is 7.07. The van der Waals surface area contributed by atoms with Gasteiger partial charge in [-0.05, 0) is 39.6 Å². The van der Waals surface area contributed by atoms with Crippen LogP contribution in [0, 0.1) is 9.12 Å². The lowest BCUT2D eigenvalue weighted by Crippen LogP contribution is -2.35. The van der Waals surface area contributed by atoms with E-state index in [-0.39, 0.29) is 16.3 Å². The summed E-state index contributed by atoms with van der Waals surface area (Å²) in [5.74, 6) is -0.0937. The Balaban J connectivity index is 3.03. The molecule has 0 spiro atoms. The number of nitrogens with two attached hydrogens (primary N) is 1. The van der Waals surface area contributed by atoms with E-state index in [4.69, 9.17) is 22.1 Å². The maximum atomic E-state index is 11.0. The Morgan fingerprint density at radius 2 is 2.21 bits per heavy atom. The molecule has 19 heavy (non-hydrogen) atoms. The van der Waals surface area contributed by atoms with E-state index >= 15 is 0 Å². The third-order valence-corrected chi connectivity index (χ3v) is 3.83. The van der Waals surface area contributed by atoms with Crippen LogP contribution >= 0.6 is 34.2 Å². The minimum Gasteiger partial charge on any atom is -0.505 e. The van der Waals surface area contributed by atoms with Crippen LogP contribution in [0.25, 0.3) is 0 Å². The van der Waals surface area contributed by atoms with E-state index in [2.05, 4.69) is 4.98 Å². The molecule has 1 aromatic rings. The number of halogens is 2. The largest absolute Gasteiger partial charge is 0.505 e. The Bertz CT molecular complexity index is 489. The van der Waals surface area contributed by atoms with E-state index in [0.717, 1.165) is 5.56 Å². The summed E-state index contributed by atoms with van der Waals surface area (Å²) in [7, 11) is 0. The first-order chi connectivity index (χ1) is 8.61. The van der Waals surface area contributed by atoms with E-state index in [1.807, 2.05) is 43.4 Å². The van der Waals surface area contributed by atoms with E-state index < -0.39 is 12.2 Å². The van der Waals surface area contributed by atoms with Crippen molar-refractivity contribution < 1.29 is 14.6 Å². The van der Waals surface area contributed by atoms with Crippen molar-refractivity contribution in [3.8, 4) is 5.75 Å². The molecule has 0 aliphatic rings. The van der Waals surface area contributed by atoms with Crippen LogP contribution < -0.4 is 5.73 Å². The SMILES string of the molecule is CC(C)(C)[C@H](Cc1cc(O)c(Cl)nc1I)OC(N)=O. The Kier molecular flexibility index (Phi) is 5.26. The monoisotopic (exact) mass is 398 g/mol. The molecule has 0 aromatic carbocycles. The fraction of sp³-hybridized carbons (Fsp3) is 0.500.